The molecule has 0 spiro atoms. The molecule has 4 nitrogen and oxygen atoms in total. The van der Waals surface area contributed by atoms with Crippen LogP contribution in [-0.4, -0.2) is 20.8 Å². The van der Waals surface area contributed by atoms with Gasteiger partial charge in [0, 0.05) is 12.6 Å². The van der Waals surface area contributed by atoms with Crippen molar-refractivity contribution < 1.29 is 0 Å². The van der Waals surface area contributed by atoms with Crippen LogP contribution >= 0.6 is 0 Å². The number of rotatable bonds is 4. The zero-order chi connectivity index (χ0) is 11.5. The van der Waals surface area contributed by atoms with Crippen LogP contribution in [0.25, 0.3) is 0 Å². The Morgan fingerprint density at radius 2 is 2.31 bits per heavy atom. The first-order chi connectivity index (χ1) is 7.66. The van der Waals surface area contributed by atoms with E-state index in [1.165, 1.54) is 19.3 Å². The Kier molecular flexibility index (Phi) is 3.59. The summed E-state index contributed by atoms with van der Waals surface area (Å²) in [4.78, 5) is 4.36. The predicted octanol–water partition coefficient (Wildman–Crippen LogP) is 2.14. The number of fused-ring (bicyclic) bond motifs is 1. The average molecular weight is 222 g/mol. The van der Waals surface area contributed by atoms with Gasteiger partial charge in [-0.05, 0) is 32.1 Å². The highest BCUT2D eigenvalue weighted by atomic mass is 15.3. The van der Waals surface area contributed by atoms with Crippen molar-refractivity contribution in [1.29, 1.82) is 0 Å². The standard InChI is InChI=1S/C12H22N4/c1-9(2)7-10(3)15-11-5-4-6-16-12(11)13-8-14-16/h8-11,15H,4-7H2,1-3H3. The van der Waals surface area contributed by atoms with Crippen molar-refractivity contribution >= 4 is 0 Å². The molecule has 0 amide bonds. The van der Waals surface area contributed by atoms with Gasteiger partial charge in [-0.15, -0.1) is 0 Å². The molecule has 1 aliphatic rings. The van der Waals surface area contributed by atoms with Crippen LogP contribution in [0, 0.1) is 5.92 Å². The molecule has 1 aliphatic heterocycles. The predicted molar refractivity (Wildman–Crippen MR) is 64.0 cm³/mol. The van der Waals surface area contributed by atoms with Crippen molar-refractivity contribution in [3.8, 4) is 0 Å². The van der Waals surface area contributed by atoms with E-state index in [9.17, 15) is 0 Å². The second kappa shape index (κ2) is 4.95. The molecule has 16 heavy (non-hydrogen) atoms. The molecule has 0 radical (unpaired) electrons. The lowest BCUT2D eigenvalue weighted by Crippen LogP contribution is -2.35. The molecule has 0 aliphatic carbocycles. The first-order valence-corrected chi connectivity index (χ1v) is 6.30. The Balaban J connectivity index is 1.97. The second-order valence-electron chi connectivity index (χ2n) is 5.23. The summed E-state index contributed by atoms with van der Waals surface area (Å²) in [5.74, 6) is 1.85. The fourth-order valence-electron chi connectivity index (χ4n) is 2.57. The summed E-state index contributed by atoms with van der Waals surface area (Å²) in [5, 5.41) is 7.91. The highest BCUT2D eigenvalue weighted by Crippen LogP contribution is 2.23. The van der Waals surface area contributed by atoms with Crippen LogP contribution in [0.4, 0.5) is 0 Å². The third kappa shape index (κ3) is 2.61. The van der Waals surface area contributed by atoms with Crippen LogP contribution in [0.2, 0.25) is 0 Å². The summed E-state index contributed by atoms with van der Waals surface area (Å²) in [6.45, 7) is 7.81. The Morgan fingerprint density at radius 3 is 3.06 bits per heavy atom. The number of aromatic nitrogens is 3. The average Bonchev–Trinajstić information content (AvgIpc) is 2.65. The lowest BCUT2D eigenvalue weighted by molar-refractivity contribution is 0.321. The Morgan fingerprint density at radius 1 is 1.50 bits per heavy atom. The van der Waals surface area contributed by atoms with Gasteiger partial charge in [0.15, 0.2) is 0 Å². The van der Waals surface area contributed by atoms with Crippen LogP contribution < -0.4 is 5.32 Å². The normalized spacial score (nSPS) is 22.1. The Bertz CT molecular complexity index is 332. The van der Waals surface area contributed by atoms with Crippen LogP contribution in [0.1, 0.15) is 51.9 Å². The van der Waals surface area contributed by atoms with Crippen LogP contribution in [0.5, 0.6) is 0 Å². The molecule has 1 N–H and O–H groups in total. The van der Waals surface area contributed by atoms with Crippen molar-refractivity contribution in [2.24, 2.45) is 5.92 Å². The molecule has 0 fully saturated rings. The van der Waals surface area contributed by atoms with E-state index < -0.39 is 0 Å². The molecule has 0 aromatic carbocycles. The van der Waals surface area contributed by atoms with Gasteiger partial charge in [-0.1, -0.05) is 13.8 Å². The fourth-order valence-corrected chi connectivity index (χ4v) is 2.57. The highest BCUT2D eigenvalue weighted by molar-refractivity contribution is 4.98. The number of aryl methyl sites for hydroxylation is 1. The van der Waals surface area contributed by atoms with Crippen molar-refractivity contribution in [3.05, 3.63) is 12.2 Å². The first kappa shape index (κ1) is 11.6. The molecule has 0 bridgehead atoms. The summed E-state index contributed by atoms with van der Waals surface area (Å²) in [6.07, 6.45) is 5.26. The maximum Gasteiger partial charge on any atom is 0.143 e. The molecule has 4 heteroatoms. The molecule has 2 heterocycles. The van der Waals surface area contributed by atoms with E-state index >= 15 is 0 Å². The second-order valence-corrected chi connectivity index (χ2v) is 5.23. The molecular formula is C12H22N4. The lowest BCUT2D eigenvalue weighted by Gasteiger charge is -2.27. The van der Waals surface area contributed by atoms with Gasteiger partial charge in [-0.25, -0.2) is 9.67 Å². The molecule has 0 saturated heterocycles. The minimum Gasteiger partial charge on any atom is -0.305 e. The largest absolute Gasteiger partial charge is 0.305 e. The Hall–Kier alpha value is -0.900. The molecule has 1 aromatic rings. The minimum absolute atomic E-state index is 0.394. The minimum atomic E-state index is 0.394. The van der Waals surface area contributed by atoms with Gasteiger partial charge in [-0.2, -0.15) is 5.10 Å². The van der Waals surface area contributed by atoms with Gasteiger partial charge in [-0.3, -0.25) is 0 Å². The summed E-state index contributed by atoms with van der Waals surface area (Å²) in [5.41, 5.74) is 0. The zero-order valence-electron chi connectivity index (χ0n) is 10.5. The summed E-state index contributed by atoms with van der Waals surface area (Å²) >= 11 is 0. The summed E-state index contributed by atoms with van der Waals surface area (Å²) in [7, 11) is 0. The zero-order valence-corrected chi connectivity index (χ0v) is 10.5. The fraction of sp³-hybridized carbons (Fsp3) is 0.833. The Labute approximate surface area is 97.5 Å². The van der Waals surface area contributed by atoms with Gasteiger partial charge >= 0.3 is 0 Å². The maximum atomic E-state index is 4.36. The van der Waals surface area contributed by atoms with Crippen LogP contribution in [0.3, 0.4) is 0 Å². The van der Waals surface area contributed by atoms with Crippen molar-refractivity contribution in [1.82, 2.24) is 20.1 Å². The summed E-state index contributed by atoms with van der Waals surface area (Å²) < 4.78 is 2.03. The van der Waals surface area contributed by atoms with Crippen molar-refractivity contribution in [2.45, 2.75) is 58.7 Å². The van der Waals surface area contributed by atoms with E-state index in [0.29, 0.717) is 12.1 Å². The number of hydrogen-bond donors (Lipinski definition) is 1. The molecule has 1 aromatic heterocycles. The van der Waals surface area contributed by atoms with E-state index in [1.54, 1.807) is 6.33 Å². The van der Waals surface area contributed by atoms with Gasteiger partial charge < -0.3 is 5.32 Å². The monoisotopic (exact) mass is 222 g/mol. The van der Waals surface area contributed by atoms with Crippen molar-refractivity contribution in [3.63, 3.8) is 0 Å². The third-order valence-corrected chi connectivity index (χ3v) is 3.13. The number of hydrogen-bond acceptors (Lipinski definition) is 3. The van der Waals surface area contributed by atoms with E-state index in [4.69, 9.17) is 0 Å². The van der Waals surface area contributed by atoms with Gasteiger partial charge in [0.05, 0.1) is 6.04 Å². The SMILES string of the molecule is CC(C)CC(C)NC1CCCn2ncnc21. The van der Waals surface area contributed by atoms with E-state index in [-0.39, 0.29) is 0 Å². The molecule has 0 saturated carbocycles. The molecule has 2 rings (SSSR count). The maximum absolute atomic E-state index is 4.36. The van der Waals surface area contributed by atoms with E-state index in [2.05, 4.69) is 36.2 Å². The summed E-state index contributed by atoms with van der Waals surface area (Å²) in [6, 6.07) is 0.943. The van der Waals surface area contributed by atoms with E-state index in [0.717, 1.165) is 18.3 Å². The van der Waals surface area contributed by atoms with Gasteiger partial charge in [0.1, 0.15) is 12.2 Å². The van der Waals surface area contributed by atoms with Crippen LogP contribution in [0.15, 0.2) is 6.33 Å². The van der Waals surface area contributed by atoms with Gasteiger partial charge in [0.25, 0.3) is 0 Å². The topological polar surface area (TPSA) is 42.7 Å². The lowest BCUT2D eigenvalue weighted by atomic mass is 10.0. The number of nitrogens with zero attached hydrogens (tertiary/aromatic N) is 3. The quantitative estimate of drug-likeness (QED) is 0.848. The smallest absolute Gasteiger partial charge is 0.143 e. The molecule has 2 unspecified atom stereocenters. The molecule has 90 valence electrons. The van der Waals surface area contributed by atoms with Gasteiger partial charge in [0.2, 0.25) is 0 Å². The highest BCUT2D eigenvalue weighted by Gasteiger charge is 2.23. The van der Waals surface area contributed by atoms with E-state index in [1.807, 2.05) is 4.68 Å². The molecule has 2 atom stereocenters. The first-order valence-electron chi connectivity index (χ1n) is 6.30. The number of nitrogens with one attached hydrogen (secondary N) is 1. The van der Waals surface area contributed by atoms with Crippen LogP contribution in [-0.2, 0) is 6.54 Å². The molecular weight excluding hydrogens is 200 g/mol. The van der Waals surface area contributed by atoms with Crippen molar-refractivity contribution in [2.75, 3.05) is 0 Å². The third-order valence-electron chi connectivity index (χ3n) is 3.13.